The summed E-state index contributed by atoms with van der Waals surface area (Å²) in [5, 5.41) is 1.01. The summed E-state index contributed by atoms with van der Waals surface area (Å²) < 4.78 is 21.6. The maximum atomic E-state index is 10.5. The van der Waals surface area contributed by atoms with Gasteiger partial charge in [-0.25, -0.2) is 4.21 Å². The average Bonchev–Trinajstić information content (AvgIpc) is 2.51. The maximum Gasteiger partial charge on any atom is 0.259 e. The molecule has 0 saturated carbocycles. The van der Waals surface area contributed by atoms with Gasteiger partial charge < -0.3 is 4.98 Å². The van der Waals surface area contributed by atoms with E-state index >= 15 is 0 Å². The van der Waals surface area contributed by atoms with E-state index in [0.29, 0.717) is 5.69 Å². The van der Waals surface area contributed by atoms with Gasteiger partial charge in [-0.15, -0.1) is 0 Å². The zero-order valence-electron chi connectivity index (χ0n) is 6.65. The predicted molar refractivity (Wildman–Crippen MR) is 52.7 cm³/mol. The third-order valence-electron chi connectivity index (χ3n) is 1.78. The van der Waals surface area contributed by atoms with E-state index in [1.165, 1.54) is 0 Å². The highest BCUT2D eigenvalue weighted by atomic mass is 32.2. The van der Waals surface area contributed by atoms with Gasteiger partial charge in [0.25, 0.3) is 11.3 Å². The van der Waals surface area contributed by atoms with Crippen LogP contribution in [0.1, 0.15) is 0 Å². The van der Waals surface area contributed by atoms with Crippen LogP contribution in [0.15, 0.2) is 30.5 Å². The van der Waals surface area contributed by atoms with Crippen LogP contribution in [0.3, 0.4) is 0 Å². The molecule has 68 valence electrons. The number of rotatable bonds is 2. The molecule has 0 aliphatic heterocycles. The largest absolute Gasteiger partial charge is 0.359 e. The van der Waals surface area contributed by atoms with Crippen LogP contribution >= 0.6 is 0 Å². The Morgan fingerprint density at radius 2 is 2.23 bits per heavy atom. The predicted octanol–water partition coefficient (Wildman–Crippen LogP) is 1.72. The summed E-state index contributed by atoms with van der Waals surface area (Å²) in [5.41, 5.74) is 1.47. The quantitative estimate of drug-likeness (QED) is 0.640. The Morgan fingerprint density at radius 3 is 3.00 bits per heavy atom. The van der Waals surface area contributed by atoms with Crippen LogP contribution in [-0.2, 0) is 11.3 Å². The fraction of sp³-hybridized carbons (Fsp3) is 0. The molecule has 1 aromatic carbocycles. The molecule has 0 saturated heterocycles. The number of nitrogens with one attached hydrogen (secondary N) is 2. The van der Waals surface area contributed by atoms with Crippen LogP contribution in [-0.4, -0.2) is 13.7 Å². The van der Waals surface area contributed by atoms with Gasteiger partial charge in [0.05, 0.1) is 11.2 Å². The molecule has 1 aromatic heterocycles. The number of hydrogen-bond donors (Lipinski definition) is 3. The first-order valence-corrected chi connectivity index (χ1v) is 4.81. The highest BCUT2D eigenvalue weighted by Crippen LogP contribution is 2.21. The summed E-state index contributed by atoms with van der Waals surface area (Å²) in [7, 11) is 0. The molecule has 0 spiro atoms. The number of fused-ring (bicyclic) bond motifs is 1. The molecule has 0 radical (unpaired) electrons. The molecule has 0 aliphatic rings. The van der Waals surface area contributed by atoms with Crippen molar-refractivity contribution in [1.82, 2.24) is 4.98 Å². The van der Waals surface area contributed by atoms with Crippen molar-refractivity contribution < 1.29 is 8.76 Å². The fourth-order valence-corrected chi connectivity index (χ4v) is 1.62. The highest BCUT2D eigenvalue weighted by molar-refractivity contribution is 7.80. The third-order valence-corrected chi connectivity index (χ3v) is 2.18. The lowest BCUT2D eigenvalue weighted by Crippen LogP contribution is -2.01. The van der Waals surface area contributed by atoms with Crippen molar-refractivity contribution >= 4 is 27.9 Å². The molecule has 0 fully saturated rings. The second kappa shape index (κ2) is 3.20. The first-order chi connectivity index (χ1) is 6.27. The Bertz CT molecular complexity index is 452. The average molecular weight is 196 g/mol. The van der Waals surface area contributed by atoms with Gasteiger partial charge in [-0.2, -0.15) is 0 Å². The summed E-state index contributed by atoms with van der Waals surface area (Å²) in [6.45, 7) is 0. The third kappa shape index (κ3) is 1.56. The lowest BCUT2D eigenvalue weighted by atomic mass is 10.2. The van der Waals surface area contributed by atoms with Gasteiger partial charge >= 0.3 is 0 Å². The summed E-state index contributed by atoms with van der Waals surface area (Å²) in [5.74, 6) is 0. The number of hydrogen-bond acceptors (Lipinski definition) is 1. The van der Waals surface area contributed by atoms with E-state index in [9.17, 15) is 4.21 Å². The Morgan fingerprint density at radius 1 is 1.38 bits per heavy atom. The Kier molecular flexibility index (Phi) is 2.03. The molecule has 1 unspecified atom stereocenters. The van der Waals surface area contributed by atoms with Gasteiger partial charge in [0.15, 0.2) is 0 Å². The van der Waals surface area contributed by atoms with E-state index in [0.717, 1.165) is 10.9 Å². The van der Waals surface area contributed by atoms with E-state index in [-0.39, 0.29) is 0 Å². The Balaban J connectivity index is 2.54. The van der Waals surface area contributed by atoms with Crippen molar-refractivity contribution in [1.29, 1.82) is 0 Å². The molecule has 0 bridgehead atoms. The topological polar surface area (TPSA) is 65.1 Å². The number of H-pyrrole nitrogens is 1. The standard InChI is InChI=1S/C8H8N2O2S/c11-13(12)10-7-3-1-2-6-4-5-9-8(6)7/h1-5,9-10H,(H,11,12). The van der Waals surface area contributed by atoms with Crippen LogP contribution in [0.5, 0.6) is 0 Å². The molecular weight excluding hydrogens is 188 g/mol. The minimum atomic E-state index is -2.03. The van der Waals surface area contributed by atoms with E-state index < -0.39 is 11.3 Å². The molecule has 2 aromatic rings. The van der Waals surface area contributed by atoms with Crippen molar-refractivity contribution in [3.63, 3.8) is 0 Å². The smallest absolute Gasteiger partial charge is 0.259 e. The van der Waals surface area contributed by atoms with E-state index in [2.05, 4.69) is 9.71 Å². The zero-order valence-corrected chi connectivity index (χ0v) is 7.47. The van der Waals surface area contributed by atoms with Crippen LogP contribution < -0.4 is 4.72 Å². The molecule has 13 heavy (non-hydrogen) atoms. The minimum absolute atomic E-state index is 0.628. The van der Waals surface area contributed by atoms with Crippen molar-refractivity contribution in [3.05, 3.63) is 30.5 Å². The zero-order chi connectivity index (χ0) is 9.26. The number of para-hydroxylation sites is 1. The first kappa shape index (κ1) is 8.28. The molecule has 1 heterocycles. The highest BCUT2D eigenvalue weighted by Gasteiger charge is 2.01. The van der Waals surface area contributed by atoms with E-state index in [4.69, 9.17) is 4.55 Å². The van der Waals surface area contributed by atoms with Crippen LogP contribution in [0, 0.1) is 0 Å². The lowest BCUT2D eigenvalue weighted by Gasteiger charge is -2.01. The van der Waals surface area contributed by atoms with Gasteiger partial charge in [-0.05, 0) is 12.1 Å². The van der Waals surface area contributed by atoms with Crippen molar-refractivity contribution in [3.8, 4) is 0 Å². The summed E-state index contributed by atoms with van der Waals surface area (Å²) in [6, 6.07) is 7.40. The van der Waals surface area contributed by atoms with E-state index in [1.54, 1.807) is 12.3 Å². The molecule has 2 rings (SSSR count). The molecule has 3 N–H and O–H groups in total. The second-order valence-electron chi connectivity index (χ2n) is 2.60. The lowest BCUT2D eigenvalue weighted by molar-refractivity contribution is 0.570. The Labute approximate surface area is 77.4 Å². The van der Waals surface area contributed by atoms with Crippen molar-refractivity contribution in [2.24, 2.45) is 0 Å². The van der Waals surface area contributed by atoms with E-state index in [1.807, 2.05) is 18.2 Å². The van der Waals surface area contributed by atoms with Gasteiger partial charge in [-0.3, -0.25) is 9.27 Å². The number of anilines is 1. The first-order valence-electron chi connectivity index (χ1n) is 3.71. The van der Waals surface area contributed by atoms with Crippen LogP contribution in [0.25, 0.3) is 10.9 Å². The maximum absolute atomic E-state index is 10.5. The summed E-state index contributed by atoms with van der Waals surface area (Å²) >= 11 is -2.03. The summed E-state index contributed by atoms with van der Waals surface area (Å²) in [4.78, 5) is 2.99. The summed E-state index contributed by atoms with van der Waals surface area (Å²) in [6.07, 6.45) is 1.79. The molecular formula is C8H8N2O2S. The Hall–Kier alpha value is -1.33. The monoisotopic (exact) mass is 196 g/mol. The van der Waals surface area contributed by atoms with Gasteiger partial charge in [-0.1, -0.05) is 12.1 Å². The van der Waals surface area contributed by atoms with Crippen molar-refractivity contribution in [2.75, 3.05) is 4.72 Å². The molecule has 4 nitrogen and oxygen atoms in total. The number of benzene rings is 1. The van der Waals surface area contributed by atoms with Crippen LogP contribution in [0.4, 0.5) is 5.69 Å². The minimum Gasteiger partial charge on any atom is -0.359 e. The fourth-order valence-electron chi connectivity index (χ4n) is 1.26. The molecule has 0 amide bonds. The van der Waals surface area contributed by atoms with Gasteiger partial charge in [0, 0.05) is 11.6 Å². The number of aromatic amines is 1. The molecule has 1 atom stereocenters. The molecule has 5 heteroatoms. The second-order valence-corrected chi connectivity index (χ2v) is 3.30. The van der Waals surface area contributed by atoms with Gasteiger partial charge in [0.1, 0.15) is 0 Å². The van der Waals surface area contributed by atoms with Crippen molar-refractivity contribution in [2.45, 2.75) is 0 Å². The SMILES string of the molecule is O=S(O)Nc1cccc2cc[nH]c12. The molecule has 0 aliphatic carbocycles. The van der Waals surface area contributed by atoms with Crippen LogP contribution in [0.2, 0.25) is 0 Å². The number of aromatic nitrogens is 1. The normalized spacial score (nSPS) is 13.0. The van der Waals surface area contributed by atoms with Gasteiger partial charge in [0.2, 0.25) is 0 Å².